The second-order valence-electron chi connectivity index (χ2n) is 4.58. The minimum absolute atomic E-state index is 0. The van der Waals surface area contributed by atoms with Gasteiger partial charge in [-0.3, -0.25) is 0 Å². The predicted octanol–water partition coefficient (Wildman–Crippen LogP) is 2.07. The van der Waals surface area contributed by atoms with Crippen molar-refractivity contribution < 1.29 is 29.0 Å². The van der Waals surface area contributed by atoms with Crippen molar-refractivity contribution in [3.8, 4) is 0 Å². The van der Waals surface area contributed by atoms with E-state index in [2.05, 4.69) is 6.92 Å². The Morgan fingerprint density at radius 3 is 2.43 bits per heavy atom. The second kappa shape index (κ2) is 5.11. The van der Waals surface area contributed by atoms with E-state index >= 15 is 0 Å². The van der Waals surface area contributed by atoms with Crippen LogP contribution < -0.4 is 0 Å². The third-order valence-electron chi connectivity index (χ3n) is 1.94. The Balaban J connectivity index is 0.00000169. The maximum Gasteiger partial charge on any atom is 2.00 e. The van der Waals surface area contributed by atoms with Gasteiger partial charge in [0.25, 0.3) is 0 Å². The molecule has 0 aromatic carbocycles. The van der Waals surface area contributed by atoms with E-state index in [9.17, 15) is 4.79 Å². The third-order valence-corrected chi connectivity index (χ3v) is 1.94. The van der Waals surface area contributed by atoms with Crippen molar-refractivity contribution in [3.63, 3.8) is 0 Å². The monoisotopic (exact) mass is 248 g/mol. The number of rotatable bonds is 0. The first-order chi connectivity index (χ1) is 5.88. The van der Waals surface area contributed by atoms with Gasteiger partial charge in [-0.05, 0) is 27.3 Å². The van der Waals surface area contributed by atoms with Gasteiger partial charge in [-0.25, -0.2) is 4.79 Å². The number of carbonyl (C=O) groups is 1. The van der Waals surface area contributed by atoms with E-state index in [0.29, 0.717) is 5.92 Å². The van der Waals surface area contributed by atoms with Gasteiger partial charge in [-0.15, -0.1) is 5.92 Å². The molecule has 14 heavy (non-hydrogen) atoms. The van der Waals surface area contributed by atoms with Gasteiger partial charge in [0, 0.05) is 6.54 Å². The van der Waals surface area contributed by atoms with E-state index in [1.807, 2.05) is 20.8 Å². The van der Waals surface area contributed by atoms with E-state index in [-0.39, 0.29) is 25.6 Å². The molecule has 1 fully saturated rings. The summed E-state index contributed by atoms with van der Waals surface area (Å²) >= 11 is 0. The maximum absolute atomic E-state index is 11.5. The summed E-state index contributed by atoms with van der Waals surface area (Å²) in [5.41, 5.74) is -0.393. The largest absolute Gasteiger partial charge is 2.00 e. The normalized spacial score (nSPS) is 21.7. The van der Waals surface area contributed by atoms with Crippen LogP contribution in [0.15, 0.2) is 0 Å². The summed E-state index contributed by atoms with van der Waals surface area (Å²) in [5.74, 6) is 0.368. The number of nitrogens with zero attached hydrogens (tertiary/aromatic N) is 1. The zero-order chi connectivity index (χ0) is 10.1. The quantitative estimate of drug-likeness (QED) is 0.486. The molecule has 0 unspecified atom stereocenters. The van der Waals surface area contributed by atoms with Crippen LogP contribution in [0.1, 0.15) is 27.2 Å². The van der Waals surface area contributed by atoms with Crippen LogP contribution in [-0.4, -0.2) is 29.7 Å². The molecule has 1 aliphatic heterocycles. The van der Waals surface area contributed by atoms with Crippen molar-refractivity contribution in [2.45, 2.75) is 32.8 Å². The van der Waals surface area contributed by atoms with Gasteiger partial charge in [0.15, 0.2) is 0 Å². The number of ether oxygens (including phenoxy) is 1. The fourth-order valence-electron chi connectivity index (χ4n) is 1.32. The summed E-state index contributed by atoms with van der Waals surface area (Å²) in [6, 6.07) is 0. The average Bonchev–Trinajstić information content (AvgIpc) is 2.31. The van der Waals surface area contributed by atoms with Crippen LogP contribution >= 0.6 is 0 Å². The summed E-state index contributed by atoms with van der Waals surface area (Å²) in [6.07, 6.45) is 0.776. The molecular formula is C10H18NO2Zn+. The van der Waals surface area contributed by atoms with E-state index in [1.165, 1.54) is 0 Å². The molecule has 0 N–H and O–H groups in total. The SMILES string of the molecule is [CH2-][C@@H]1CCN(C(=O)OC(C)(C)C)C1.[Zn+2]. The van der Waals surface area contributed by atoms with Crippen molar-refractivity contribution in [2.24, 2.45) is 5.92 Å². The average molecular weight is 250 g/mol. The molecular weight excluding hydrogens is 232 g/mol. The Labute approximate surface area is 98.9 Å². The fourth-order valence-corrected chi connectivity index (χ4v) is 1.32. The van der Waals surface area contributed by atoms with Gasteiger partial charge in [-0.2, -0.15) is 0 Å². The molecule has 76 valence electrons. The molecule has 1 saturated heterocycles. The number of hydrogen-bond acceptors (Lipinski definition) is 2. The summed E-state index contributed by atoms with van der Waals surface area (Å²) in [7, 11) is 0. The molecule has 0 bridgehead atoms. The molecule has 4 heteroatoms. The van der Waals surface area contributed by atoms with E-state index in [4.69, 9.17) is 4.74 Å². The number of amides is 1. The third kappa shape index (κ3) is 4.41. The van der Waals surface area contributed by atoms with Crippen molar-refractivity contribution in [1.29, 1.82) is 0 Å². The van der Waals surface area contributed by atoms with Crippen molar-refractivity contribution in [3.05, 3.63) is 6.92 Å². The number of carbonyl (C=O) groups excluding carboxylic acids is 1. The van der Waals surface area contributed by atoms with Crippen molar-refractivity contribution in [2.75, 3.05) is 13.1 Å². The van der Waals surface area contributed by atoms with Gasteiger partial charge < -0.3 is 16.6 Å². The first-order valence-electron chi connectivity index (χ1n) is 4.69. The summed E-state index contributed by atoms with van der Waals surface area (Å²) in [5, 5.41) is 0. The molecule has 1 aliphatic rings. The summed E-state index contributed by atoms with van der Waals surface area (Å²) in [6.45, 7) is 11.1. The molecule has 1 heterocycles. The van der Waals surface area contributed by atoms with Crippen LogP contribution in [0.25, 0.3) is 0 Å². The zero-order valence-electron chi connectivity index (χ0n) is 9.38. The zero-order valence-corrected chi connectivity index (χ0v) is 12.3. The molecule has 0 spiro atoms. The molecule has 3 nitrogen and oxygen atoms in total. The van der Waals surface area contributed by atoms with Crippen molar-refractivity contribution in [1.82, 2.24) is 4.90 Å². The molecule has 0 aromatic rings. The van der Waals surface area contributed by atoms with Gasteiger partial charge >= 0.3 is 25.6 Å². The van der Waals surface area contributed by atoms with E-state index in [0.717, 1.165) is 19.5 Å². The molecule has 1 atom stereocenters. The van der Waals surface area contributed by atoms with Gasteiger partial charge in [0.2, 0.25) is 0 Å². The number of hydrogen-bond donors (Lipinski definition) is 0. The van der Waals surface area contributed by atoms with Crippen LogP contribution in [-0.2, 0) is 24.2 Å². The molecule has 1 rings (SSSR count). The van der Waals surface area contributed by atoms with Crippen LogP contribution in [0.5, 0.6) is 0 Å². The molecule has 0 radical (unpaired) electrons. The van der Waals surface area contributed by atoms with Crippen LogP contribution in [0.2, 0.25) is 0 Å². The standard InChI is InChI=1S/C10H18NO2.Zn/c1-8-5-6-11(7-8)9(12)13-10(2,3)4;/h8H,1,5-7H2,2-4H3;/q-1;+2/t8-;/m1./s1. The van der Waals surface area contributed by atoms with Crippen LogP contribution in [0.3, 0.4) is 0 Å². The molecule has 0 saturated carbocycles. The molecule has 1 amide bonds. The Morgan fingerprint density at radius 1 is 1.50 bits per heavy atom. The van der Waals surface area contributed by atoms with E-state index < -0.39 is 5.60 Å². The second-order valence-corrected chi connectivity index (χ2v) is 4.58. The summed E-state index contributed by atoms with van der Waals surface area (Å²) < 4.78 is 5.23. The smallest absolute Gasteiger partial charge is 0.444 e. The first-order valence-corrected chi connectivity index (χ1v) is 4.69. The Morgan fingerprint density at radius 2 is 2.07 bits per heavy atom. The summed E-state index contributed by atoms with van der Waals surface area (Å²) in [4.78, 5) is 13.2. The van der Waals surface area contributed by atoms with Crippen LogP contribution in [0, 0.1) is 12.8 Å². The minimum atomic E-state index is -0.393. The van der Waals surface area contributed by atoms with Crippen LogP contribution in [0.4, 0.5) is 4.79 Å². The van der Waals surface area contributed by atoms with Gasteiger partial charge in [0.05, 0.1) is 0 Å². The van der Waals surface area contributed by atoms with Gasteiger partial charge in [-0.1, -0.05) is 6.42 Å². The molecule has 0 aliphatic carbocycles. The predicted molar refractivity (Wildman–Crippen MR) is 51.3 cm³/mol. The molecule has 0 aromatic heterocycles. The first kappa shape index (κ1) is 13.9. The van der Waals surface area contributed by atoms with Crippen molar-refractivity contribution >= 4 is 6.09 Å². The Bertz CT molecular complexity index is 201. The van der Waals surface area contributed by atoms with Gasteiger partial charge in [0.1, 0.15) is 5.60 Å². The number of likely N-dealkylation sites (tertiary alicyclic amines) is 1. The maximum atomic E-state index is 11.5. The Hall–Kier alpha value is -0.107. The van der Waals surface area contributed by atoms with E-state index in [1.54, 1.807) is 4.90 Å². The topological polar surface area (TPSA) is 29.5 Å². The Kier molecular flexibility index (Phi) is 5.07. The minimum Gasteiger partial charge on any atom is -0.444 e. The fraction of sp³-hybridized carbons (Fsp3) is 0.800.